The number of rotatable bonds is 6. The molecule has 1 rings (SSSR count). The molecule has 116 valence electrons. The van der Waals surface area contributed by atoms with Gasteiger partial charge in [0.25, 0.3) is 0 Å². The molecule has 5 nitrogen and oxygen atoms in total. The lowest BCUT2D eigenvalue weighted by molar-refractivity contribution is 0.273. The molecule has 2 N–H and O–H groups in total. The van der Waals surface area contributed by atoms with E-state index in [9.17, 15) is 8.42 Å². The zero-order valence-electron chi connectivity index (χ0n) is 13.0. The number of nitriles is 1. The van der Waals surface area contributed by atoms with E-state index >= 15 is 0 Å². The molecule has 0 aliphatic heterocycles. The second-order valence-corrected chi connectivity index (χ2v) is 7.80. The molecular weight excluding hydrogens is 286 g/mol. The lowest BCUT2D eigenvalue weighted by Crippen LogP contribution is -2.42. The standard InChI is InChI=1S/C15H23N3O2S/c1-5-18(11-15(3,4)10-17)21(19,20)14-8-13(9-16)7-6-12(14)2/h6-8H,5,10-11,17H2,1-4H3. The van der Waals surface area contributed by atoms with E-state index in [-0.39, 0.29) is 10.3 Å². The summed E-state index contributed by atoms with van der Waals surface area (Å²) in [6, 6.07) is 6.69. The van der Waals surface area contributed by atoms with Gasteiger partial charge in [-0.3, -0.25) is 0 Å². The van der Waals surface area contributed by atoms with E-state index in [1.165, 1.54) is 10.4 Å². The van der Waals surface area contributed by atoms with Gasteiger partial charge < -0.3 is 5.73 Å². The zero-order chi connectivity index (χ0) is 16.3. The predicted molar refractivity (Wildman–Crippen MR) is 83.2 cm³/mol. The van der Waals surface area contributed by atoms with Gasteiger partial charge in [0.1, 0.15) is 0 Å². The number of hydrogen-bond donors (Lipinski definition) is 1. The summed E-state index contributed by atoms with van der Waals surface area (Å²) in [4.78, 5) is 0.191. The molecule has 1 aromatic rings. The molecule has 0 aromatic heterocycles. The molecule has 0 radical (unpaired) electrons. The molecule has 0 bridgehead atoms. The number of aryl methyl sites for hydroxylation is 1. The molecule has 0 saturated heterocycles. The van der Waals surface area contributed by atoms with E-state index < -0.39 is 10.0 Å². The average Bonchev–Trinajstić information content (AvgIpc) is 2.45. The monoisotopic (exact) mass is 309 g/mol. The highest BCUT2D eigenvalue weighted by atomic mass is 32.2. The van der Waals surface area contributed by atoms with Gasteiger partial charge in [-0.05, 0) is 36.6 Å². The first-order chi connectivity index (χ1) is 9.67. The Labute approximate surface area is 127 Å². The normalized spacial score (nSPS) is 12.4. The molecule has 0 unspecified atom stereocenters. The number of hydrogen-bond acceptors (Lipinski definition) is 4. The molecule has 1 aromatic carbocycles. The van der Waals surface area contributed by atoms with Crippen molar-refractivity contribution in [3.05, 3.63) is 29.3 Å². The summed E-state index contributed by atoms with van der Waals surface area (Å²) < 4.78 is 27.1. The fourth-order valence-corrected chi connectivity index (χ4v) is 3.88. The quantitative estimate of drug-likeness (QED) is 0.869. The second kappa shape index (κ2) is 6.56. The van der Waals surface area contributed by atoms with Crippen LogP contribution in [0.2, 0.25) is 0 Å². The van der Waals surface area contributed by atoms with Crippen LogP contribution in [-0.2, 0) is 10.0 Å². The topological polar surface area (TPSA) is 87.2 Å². The SMILES string of the molecule is CCN(CC(C)(C)CN)S(=O)(=O)c1cc(C#N)ccc1C. The highest BCUT2D eigenvalue weighted by Gasteiger charge is 2.30. The van der Waals surface area contributed by atoms with Gasteiger partial charge >= 0.3 is 0 Å². The maximum atomic E-state index is 12.8. The van der Waals surface area contributed by atoms with Crippen LogP contribution in [0.5, 0.6) is 0 Å². The molecule has 0 fully saturated rings. The van der Waals surface area contributed by atoms with E-state index in [4.69, 9.17) is 11.0 Å². The van der Waals surface area contributed by atoms with Gasteiger partial charge in [-0.25, -0.2) is 8.42 Å². The van der Waals surface area contributed by atoms with Crippen molar-refractivity contribution >= 4 is 10.0 Å². The minimum Gasteiger partial charge on any atom is -0.330 e. The van der Waals surface area contributed by atoms with Crippen molar-refractivity contribution in [3.8, 4) is 6.07 Å². The Hall–Kier alpha value is -1.42. The Bertz CT molecular complexity index is 645. The van der Waals surface area contributed by atoms with Crippen LogP contribution in [0.4, 0.5) is 0 Å². The van der Waals surface area contributed by atoms with Crippen LogP contribution in [0, 0.1) is 23.7 Å². The summed E-state index contributed by atoms with van der Waals surface area (Å²) in [6.07, 6.45) is 0. The lowest BCUT2D eigenvalue weighted by atomic mass is 9.94. The minimum absolute atomic E-state index is 0.191. The van der Waals surface area contributed by atoms with Gasteiger partial charge in [-0.15, -0.1) is 0 Å². The van der Waals surface area contributed by atoms with Gasteiger partial charge in [0, 0.05) is 13.1 Å². The van der Waals surface area contributed by atoms with Gasteiger partial charge in [-0.2, -0.15) is 9.57 Å². The molecule has 0 amide bonds. The summed E-state index contributed by atoms with van der Waals surface area (Å²) >= 11 is 0. The molecule has 0 aliphatic carbocycles. The largest absolute Gasteiger partial charge is 0.330 e. The summed E-state index contributed by atoms with van der Waals surface area (Å²) in [5, 5.41) is 8.96. The van der Waals surface area contributed by atoms with Crippen LogP contribution in [0.15, 0.2) is 23.1 Å². The fraction of sp³-hybridized carbons (Fsp3) is 0.533. The Morgan fingerprint density at radius 3 is 2.48 bits per heavy atom. The first-order valence-electron chi connectivity index (χ1n) is 6.89. The van der Waals surface area contributed by atoms with Gasteiger partial charge in [0.2, 0.25) is 10.0 Å². The van der Waals surface area contributed by atoms with Crippen LogP contribution in [-0.4, -0.2) is 32.4 Å². The van der Waals surface area contributed by atoms with Crippen LogP contribution < -0.4 is 5.73 Å². The van der Waals surface area contributed by atoms with Crippen molar-refractivity contribution in [2.45, 2.75) is 32.6 Å². The molecular formula is C15H23N3O2S. The summed E-state index contributed by atoms with van der Waals surface area (Å²) in [5.41, 5.74) is 6.38. The second-order valence-electron chi connectivity index (χ2n) is 5.89. The molecule has 0 atom stereocenters. The Morgan fingerprint density at radius 1 is 1.38 bits per heavy atom. The van der Waals surface area contributed by atoms with E-state index in [0.717, 1.165) is 0 Å². The molecule has 0 aliphatic rings. The molecule has 6 heteroatoms. The third kappa shape index (κ3) is 4.03. The lowest BCUT2D eigenvalue weighted by Gasteiger charge is -2.30. The van der Waals surface area contributed by atoms with E-state index in [2.05, 4.69) is 0 Å². The van der Waals surface area contributed by atoms with Crippen molar-refractivity contribution in [1.82, 2.24) is 4.31 Å². The highest BCUT2D eigenvalue weighted by Crippen LogP contribution is 2.24. The van der Waals surface area contributed by atoms with Crippen molar-refractivity contribution in [2.75, 3.05) is 19.6 Å². The maximum Gasteiger partial charge on any atom is 0.243 e. The van der Waals surface area contributed by atoms with Gasteiger partial charge in [-0.1, -0.05) is 26.8 Å². The van der Waals surface area contributed by atoms with Crippen molar-refractivity contribution in [2.24, 2.45) is 11.1 Å². The summed E-state index contributed by atoms with van der Waals surface area (Å²) in [6.45, 7) is 8.51. The molecule has 0 spiro atoms. The summed E-state index contributed by atoms with van der Waals surface area (Å²) in [7, 11) is -3.63. The van der Waals surface area contributed by atoms with Crippen molar-refractivity contribution < 1.29 is 8.42 Å². The fourth-order valence-electron chi connectivity index (χ4n) is 2.00. The van der Waals surface area contributed by atoms with E-state index in [1.807, 2.05) is 19.9 Å². The smallest absolute Gasteiger partial charge is 0.243 e. The first kappa shape index (κ1) is 17.6. The average molecular weight is 309 g/mol. The Morgan fingerprint density at radius 2 is 2.00 bits per heavy atom. The van der Waals surface area contributed by atoms with Crippen LogP contribution >= 0.6 is 0 Å². The molecule has 0 heterocycles. The summed E-state index contributed by atoms with van der Waals surface area (Å²) in [5.74, 6) is 0. The molecule has 0 saturated carbocycles. The van der Waals surface area contributed by atoms with Crippen LogP contribution in [0.25, 0.3) is 0 Å². The number of nitrogens with two attached hydrogens (primary N) is 1. The maximum absolute atomic E-state index is 12.8. The van der Waals surface area contributed by atoms with Gasteiger partial charge in [0.05, 0.1) is 16.5 Å². The molecule has 21 heavy (non-hydrogen) atoms. The Kier molecular flexibility index (Phi) is 5.51. The Balaban J connectivity index is 3.29. The minimum atomic E-state index is -3.63. The van der Waals surface area contributed by atoms with Gasteiger partial charge in [0.15, 0.2) is 0 Å². The zero-order valence-corrected chi connectivity index (χ0v) is 13.9. The first-order valence-corrected chi connectivity index (χ1v) is 8.33. The number of benzene rings is 1. The van der Waals surface area contributed by atoms with Crippen LogP contribution in [0.3, 0.4) is 0 Å². The number of sulfonamides is 1. The number of nitrogens with zero attached hydrogens (tertiary/aromatic N) is 2. The predicted octanol–water partition coefficient (Wildman–Crippen LogP) is 1.86. The third-order valence-corrected chi connectivity index (χ3v) is 5.51. The van der Waals surface area contributed by atoms with E-state index in [1.54, 1.807) is 26.0 Å². The van der Waals surface area contributed by atoms with Crippen molar-refractivity contribution in [3.63, 3.8) is 0 Å². The van der Waals surface area contributed by atoms with E-state index in [0.29, 0.717) is 30.8 Å². The highest BCUT2D eigenvalue weighted by molar-refractivity contribution is 7.89. The van der Waals surface area contributed by atoms with Crippen molar-refractivity contribution in [1.29, 1.82) is 5.26 Å². The van der Waals surface area contributed by atoms with Crippen LogP contribution in [0.1, 0.15) is 31.9 Å². The third-order valence-electron chi connectivity index (χ3n) is 3.44.